The summed E-state index contributed by atoms with van der Waals surface area (Å²) in [6.45, 7) is 2.87. The Bertz CT molecular complexity index is 436. The van der Waals surface area contributed by atoms with Crippen LogP contribution in [0.3, 0.4) is 0 Å². The minimum Gasteiger partial charge on any atom is -0.469 e. The van der Waals surface area contributed by atoms with Gasteiger partial charge in [-0.2, -0.15) is 0 Å². The molecule has 0 spiro atoms. The van der Waals surface area contributed by atoms with Crippen molar-refractivity contribution in [2.45, 2.75) is 43.6 Å². The zero-order valence-corrected chi connectivity index (χ0v) is 13.7. The molecule has 1 fully saturated rings. The number of hydrogen-bond donors (Lipinski definition) is 0. The van der Waals surface area contributed by atoms with E-state index in [1.807, 2.05) is 11.8 Å². The van der Waals surface area contributed by atoms with Gasteiger partial charge in [-0.15, -0.1) is 11.8 Å². The second-order valence-corrected chi connectivity index (χ2v) is 6.70. The van der Waals surface area contributed by atoms with Gasteiger partial charge in [-0.1, -0.05) is 17.7 Å². The normalized spacial score (nSPS) is 22.0. The van der Waals surface area contributed by atoms with Crippen molar-refractivity contribution in [2.24, 2.45) is 5.92 Å². The number of hydrogen-bond acceptors (Lipinski definition) is 4. The van der Waals surface area contributed by atoms with E-state index in [9.17, 15) is 4.79 Å². The third-order valence-electron chi connectivity index (χ3n) is 3.94. The number of aryl methyl sites for hydroxylation is 1. The molecule has 4 heteroatoms. The van der Waals surface area contributed by atoms with Crippen LogP contribution in [0.1, 0.15) is 31.2 Å². The SMILES string of the molecule is COC(=O)C1CCC(OCCSc2ccc(C)cc2)CC1. The number of methoxy groups -OCH3 is 1. The zero-order valence-electron chi connectivity index (χ0n) is 12.8. The molecule has 3 nitrogen and oxygen atoms in total. The first-order chi connectivity index (χ1) is 10.2. The lowest BCUT2D eigenvalue weighted by molar-refractivity contribution is -0.147. The molecular weight excluding hydrogens is 284 g/mol. The highest BCUT2D eigenvalue weighted by molar-refractivity contribution is 7.99. The van der Waals surface area contributed by atoms with Gasteiger partial charge in [-0.05, 0) is 44.7 Å². The molecule has 0 bridgehead atoms. The Kier molecular flexibility index (Phi) is 6.58. The van der Waals surface area contributed by atoms with E-state index in [0.29, 0.717) is 6.10 Å². The Hall–Kier alpha value is -1.00. The fourth-order valence-corrected chi connectivity index (χ4v) is 3.38. The van der Waals surface area contributed by atoms with Crippen molar-refractivity contribution >= 4 is 17.7 Å². The van der Waals surface area contributed by atoms with Crippen LogP contribution in [0.25, 0.3) is 0 Å². The van der Waals surface area contributed by atoms with Gasteiger partial charge in [-0.25, -0.2) is 0 Å². The first kappa shape index (κ1) is 16.4. The molecule has 21 heavy (non-hydrogen) atoms. The van der Waals surface area contributed by atoms with Gasteiger partial charge < -0.3 is 9.47 Å². The number of carbonyl (C=O) groups excluding carboxylic acids is 1. The molecule has 1 aliphatic carbocycles. The predicted molar refractivity (Wildman–Crippen MR) is 85.6 cm³/mol. The van der Waals surface area contributed by atoms with Crippen LogP contribution < -0.4 is 0 Å². The maximum absolute atomic E-state index is 11.4. The molecule has 0 aromatic heterocycles. The van der Waals surface area contributed by atoms with Crippen LogP contribution in [0, 0.1) is 12.8 Å². The van der Waals surface area contributed by atoms with Crippen molar-refractivity contribution < 1.29 is 14.3 Å². The number of rotatable bonds is 6. The predicted octanol–water partition coefficient (Wildman–Crippen LogP) is 3.84. The number of thioether (sulfide) groups is 1. The highest BCUT2D eigenvalue weighted by atomic mass is 32.2. The van der Waals surface area contributed by atoms with Gasteiger partial charge in [0.1, 0.15) is 0 Å². The van der Waals surface area contributed by atoms with E-state index in [-0.39, 0.29) is 11.9 Å². The highest BCUT2D eigenvalue weighted by Gasteiger charge is 2.27. The van der Waals surface area contributed by atoms with Crippen molar-refractivity contribution in [1.29, 1.82) is 0 Å². The lowest BCUT2D eigenvalue weighted by Crippen LogP contribution is -2.27. The second kappa shape index (κ2) is 8.44. The molecular formula is C17H24O3S. The van der Waals surface area contributed by atoms with E-state index in [1.54, 1.807) is 0 Å². The molecule has 116 valence electrons. The Morgan fingerprint density at radius 2 is 1.86 bits per heavy atom. The van der Waals surface area contributed by atoms with Crippen molar-refractivity contribution in [3.63, 3.8) is 0 Å². The van der Waals surface area contributed by atoms with Crippen LogP contribution in [0.15, 0.2) is 29.2 Å². The standard InChI is InChI=1S/C17H24O3S/c1-13-3-9-16(10-4-13)21-12-11-20-15-7-5-14(6-8-15)17(18)19-2/h3-4,9-10,14-15H,5-8,11-12H2,1-2H3. The lowest BCUT2D eigenvalue weighted by atomic mass is 9.87. The van der Waals surface area contributed by atoms with E-state index in [4.69, 9.17) is 9.47 Å². The van der Waals surface area contributed by atoms with Gasteiger partial charge in [0.25, 0.3) is 0 Å². The first-order valence-corrected chi connectivity index (χ1v) is 8.56. The quantitative estimate of drug-likeness (QED) is 0.454. The monoisotopic (exact) mass is 308 g/mol. The Labute approximate surface area is 131 Å². The van der Waals surface area contributed by atoms with Crippen LogP contribution in [0.2, 0.25) is 0 Å². The fraction of sp³-hybridized carbons (Fsp3) is 0.588. The van der Waals surface area contributed by atoms with Crippen molar-refractivity contribution in [1.82, 2.24) is 0 Å². The maximum Gasteiger partial charge on any atom is 0.308 e. The molecule has 0 heterocycles. The Morgan fingerprint density at radius 1 is 1.19 bits per heavy atom. The topological polar surface area (TPSA) is 35.5 Å². The molecule has 0 saturated heterocycles. The summed E-state index contributed by atoms with van der Waals surface area (Å²) in [4.78, 5) is 12.7. The molecule has 1 aromatic carbocycles. The molecule has 0 radical (unpaired) electrons. The maximum atomic E-state index is 11.4. The third-order valence-corrected chi connectivity index (χ3v) is 4.91. The Morgan fingerprint density at radius 3 is 2.48 bits per heavy atom. The third kappa shape index (κ3) is 5.36. The van der Waals surface area contributed by atoms with Gasteiger partial charge in [0.15, 0.2) is 0 Å². The minimum absolute atomic E-state index is 0.0663. The average molecular weight is 308 g/mol. The number of carbonyl (C=O) groups is 1. The fourth-order valence-electron chi connectivity index (χ4n) is 2.64. The summed E-state index contributed by atoms with van der Waals surface area (Å²) in [5.41, 5.74) is 1.29. The highest BCUT2D eigenvalue weighted by Crippen LogP contribution is 2.27. The molecule has 0 unspecified atom stereocenters. The molecule has 1 aliphatic rings. The Balaban J connectivity index is 1.60. The van der Waals surface area contributed by atoms with Crippen molar-refractivity contribution in [3.8, 4) is 0 Å². The van der Waals surface area contributed by atoms with Crippen LogP contribution in [0.5, 0.6) is 0 Å². The summed E-state index contributed by atoms with van der Waals surface area (Å²) >= 11 is 1.83. The minimum atomic E-state index is -0.0663. The van der Waals surface area contributed by atoms with Crippen LogP contribution >= 0.6 is 11.8 Å². The molecule has 0 aliphatic heterocycles. The summed E-state index contributed by atoms with van der Waals surface area (Å²) in [6, 6.07) is 8.58. The van der Waals surface area contributed by atoms with Gasteiger partial charge in [0.2, 0.25) is 0 Å². The van der Waals surface area contributed by atoms with Gasteiger partial charge in [0, 0.05) is 10.6 Å². The number of benzene rings is 1. The average Bonchev–Trinajstić information content (AvgIpc) is 2.53. The number of esters is 1. The largest absolute Gasteiger partial charge is 0.469 e. The summed E-state index contributed by atoms with van der Waals surface area (Å²) in [5.74, 6) is 0.986. The van der Waals surface area contributed by atoms with Crippen molar-refractivity contribution in [2.75, 3.05) is 19.5 Å². The molecule has 0 N–H and O–H groups in total. The van der Waals surface area contributed by atoms with E-state index < -0.39 is 0 Å². The molecule has 2 rings (SSSR count). The summed E-state index contributed by atoms with van der Waals surface area (Å²) in [5, 5.41) is 0. The molecule has 1 aromatic rings. The molecule has 0 atom stereocenters. The lowest BCUT2D eigenvalue weighted by Gasteiger charge is -2.26. The van der Waals surface area contributed by atoms with E-state index in [2.05, 4.69) is 31.2 Å². The van der Waals surface area contributed by atoms with Crippen molar-refractivity contribution in [3.05, 3.63) is 29.8 Å². The second-order valence-electron chi connectivity index (χ2n) is 5.53. The van der Waals surface area contributed by atoms with E-state index in [0.717, 1.165) is 38.0 Å². The summed E-state index contributed by atoms with van der Waals surface area (Å²) < 4.78 is 10.7. The zero-order chi connectivity index (χ0) is 15.1. The molecule has 0 amide bonds. The summed E-state index contributed by atoms with van der Waals surface area (Å²) in [7, 11) is 1.47. The van der Waals surface area contributed by atoms with Gasteiger partial charge in [0.05, 0.1) is 25.7 Å². The first-order valence-electron chi connectivity index (χ1n) is 7.58. The molecule has 1 saturated carbocycles. The van der Waals surface area contributed by atoms with Crippen LogP contribution in [0.4, 0.5) is 0 Å². The van der Waals surface area contributed by atoms with E-state index in [1.165, 1.54) is 17.6 Å². The smallest absolute Gasteiger partial charge is 0.308 e. The van der Waals surface area contributed by atoms with Crippen LogP contribution in [-0.2, 0) is 14.3 Å². The van der Waals surface area contributed by atoms with E-state index >= 15 is 0 Å². The number of ether oxygens (including phenoxy) is 2. The summed E-state index contributed by atoms with van der Waals surface area (Å²) in [6.07, 6.45) is 4.03. The van der Waals surface area contributed by atoms with Gasteiger partial charge >= 0.3 is 5.97 Å². The van der Waals surface area contributed by atoms with Gasteiger partial charge in [-0.3, -0.25) is 4.79 Å². The van der Waals surface area contributed by atoms with Crippen LogP contribution in [-0.4, -0.2) is 31.5 Å².